The minimum absolute atomic E-state index is 0.0122. The van der Waals surface area contributed by atoms with E-state index in [0.29, 0.717) is 11.3 Å². The molecule has 1 N–H and O–H groups in total. The normalized spacial score (nSPS) is 11.7. The largest absolute Gasteiger partial charge is 0.455 e. The van der Waals surface area contributed by atoms with E-state index in [-0.39, 0.29) is 11.3 Å². The molecule has 0 bridgehead atoms. The van der Waals surface area contributed by atoms with Crippen LogP contribution in [0.3, 0.4) is 0 Å². The van der Waals surface area contributed by atoms with Crippen molar-refractivity contribution in [2.24, 2.45) is 0 Å². The van der Waals surface area contributed by atoms with Crippen LogP contribution in [0.4, 0.5) is 0 Å². The molecule has 3 nitrogen and oxygen atoms in total. The Balaban J connectivity index is 2.31. The molecule has 1 aromatic heterocycles. The molecular formula is C20H21NO2. The fourth-order valence-electron chi connectivity index (χ4n) is 2.71. The van der Waals surface area contributed by atoms with Gasteiger partial charge in [0.05, 0.1) is 5.56 Å². The standard InChI is InChI=1S/C20H21NO2/c1-20(2,3)14-10-11-16-15(12-14)17(19(22)21-4)18(23-16)13-8-6-5-7-9-13/h5-12H,1-4H3,(H,21,22). The topological polar surface area (TPSA) is 42.2 Å². The van der Waals surface area contributed by atoms with E-state index < -0.39 is 0 Å². The van der Waals surface area contributed by atoms with Gasteiger partial charge in [0.25, 0.3) is 5.91 Å². The second-order valence-electron chi connectivity index (χ2n) is 6.71. The third-order valence-corrected chi connectivity index (χ3v) is 4.04. The summed E-state index contributed by atoms with van der Waals surface area (Å²) in [5.41, 5.74) is 3.42. The van der Waals surface area contributed by atoms with Crippen molar-refractivity contribution in [3.8, 4) is 11.3 Å². The van der Waals surface area contributed by atoms with E-state index in [1.54, 1.807) is 7.05 Å². The van der Waals surface area contributed by atoms with Crippen LogP contribution in [0.5, 0.6) is 0 Å². The van der Waals surface area contributed by atoms with Crippen LogP contribution in [0.25, 0.3) is 22.3 Å². The van der Waals surface area contributed by atoms with Crippen LogP contribution in [-0.4, -0.2) is 13.0 Å². The van der Waals surface area contributed by atoms with Gasteiger partial charge in [0, 0.05) is 18.0 Å². The number of hydrogen-bond acceptors (Lipinski definition) is 2. The lowest BCUT2D eigenvalue weighted by atomic mass is 9.86. The Kier molecular flexibility index (Phi) is 3.72. The lowest BCUT2D eigenvalue weighted by molar-refractivity contribution is 0.0964. The first-order valence-corrected chi connectivity index (χ1v) is 7.76. The number of carbonyl (C=O) groups is 1. The van der Waals surface area contributed by atoms with E-state index in [1.165, 1.54) is 5.56 Å². The highest BCUT2D eigenvalue weighted by atomic mass is 16.3. The second kappa shape index (κ2) is 5.58. The van der Waals surface area contributed by atoms with Crippen molar-refractivity contribution in [2.75, 3.05) is 7.05 Å². The third-order valence-electron chi connectivity index (χ3n) is 4.04. The first-order valence-electron chi connectivity index (χ1n) is 7.76. The molecule has 3 heteroatoms. The average molecular weight is 307 g/mol. The molecule has 0 fully saturated rings. The highest BCUT2D eigenvalue weighted by molar-refractivity contribution is 6.11. The van der Waals surface area contributed by atoms with Crippen LogP contribution in [0, 0.1) is 0 Å². The zero-order valence-electron chi connectivity index (χ0n) is 13.9. The van der Waals surface area contributed by atoms with Crippen molar-refractivity contribution in [2.45, 2.75) is 26.2 Å². The van der Waals surface area contributed by atoms with E-state index in [2.05, 4.69) is 38.2 Å². The molecule has 2 aromatic carbocycles. The fraction of sp³-hybridized carbons (Fsp3) is 0.250. The Bertz CT molecular complexity index is 854. The molecule has 0 spiro atoms. The predicted molar refractivity (Wildman–Crippen MR) is 93.7 cm³/mol. The lowest BCUT2D eigenvalue weighted by Gasteiger charge is -2.18. The molecule has 3 rings (SSSR count). The molecule has 0 aliphatic rings. The van der Waals surface area contributed by atoms with Crippen LogP contribution in [0.15, 0.2) is 52.9 Å². The van der Waals surface area contributed by atoms with Gasteiger partial charge in [-0.2, -0.15) is 0 Å². The molecule has 0 saturated heterocycles. The lowest BCUT2D eigenvalue weighted by Crippen LogP contribution is -2.18. The van der Waals surface area contributed by atoms with Crippen molar-refractivity contribution in [1.82, 2.24) is 5.32 Å². The van der Waals surface area contributed by atoms with E-state index in [0.717, 1.165) is 16.5 Å². The summed E-state index contributed by atoms with van der Waals surface area (Å²) >= 11 is 0. The smallest absolute Gasteiger partial charge is 0.255 e. The number of fused-ring (bicyclic) bond motifs is 1. The van der Waals surface area contributed by atoms with Gasteiger partial charge in [-0.05, 0) is 23.1 Å². The molecule has 0 aliphatic heterocycles. The molecule has 23 heavy (non-hydrogen) atoms. The van der Waals surface area contributed by atoms with Crippen LogP contribution in [-0.2, 0) is 5.41 Å². The second-order valence-corrected chi connectivity index (χ2v) is 6.71. The molecule has 0 radical (unpaired) electrons. The molecule has 0 atom stereocenters. The Hall–Kier alpha value is -2.55. The van der Waals surface area contributed by atoms with Crippen LogP contribution < -0.4 is 5.32 Å². The molecule has 3 aromatic rings. The highest BCUT2D eigenvalue weighted by Crippen LogP contribution is 2.36. The molecule has 0 aliphatic carbocycles. The molecule has 0 saturated carbocycles. The predicted octanol–water partition coefficient (Wildman–Crippen LogP) is 4.76. The van der Waals surface area contributed by atoms with E-state index >= 15 is 0 Å². The third kappa shape index (κ3) is 2.74. The summed E-state index contributed by atoms with van der Waals surface area (Å²) in [4.78, 5) is 12.5. The van der Waals surface area contributed by atoms with E-state index in [9.17, 15) is 4.79 Å². The van der Waals surface area contributed by atoms with Crippen molar-refractivity contribution in [3.63, 3.8) is 0 Å². The Morgan fingerprint density at radius 1 is 1.04 bits per heavy atom. The van der Waals surface area contributed by atoms with Gasteiger partial charge in [-0.15, -0.1) is 0 Å². The minimum atomic E-state index is -0.131. The molecular weight excluding hydrogens is 286 g/mol. The van der Waals surface area contributed by atoms with Gasteiger partial charge in [-0.25, -0.2) is 0 Å². The Morgan fingerprint density at radius 3 is 2.35 bits per heavy atom. The van der Waals surface area contributed by atoms with Crippen molar-refractivity contribution >= 4 is 16.9 Å². The first kappa shape index (κ1) is 15.3. The van der Waals surface area contributed by atoms with Crippen molar-refractivity contribution in [3.05, 3.63) is 59.7 Å². The number of amides is 1. The fourth-order valence-corrected chi connectivity index (χ4v) is 2.71. The quantitative estimate of drug-likeness (QED) is 0.742. The van der Waals surface area contributed by atoms with Gasteiger partial charge in [0.1, 0.15) is 11.3 Å². The highest BCUT2D eigenvalue weighted by Gasteiger charge is 2.23. The maximum absolute atomic E-state index is 12.5. The van der Waals surface area contributed by atoms with Gasteiger partial charge in [-0.1, -0.05) is 57.2 Å². The number of rotatable bonds is 2. The van der Waals surface area contributed by atoms with Gasteiger partial charge >= 0.3 is 0 Å². The first-order chi connectivity index (χ1) is 10.9. The summed E-state index contributed by atoms with van der Waals surface area (Å²) < 4.78 is 6.02. The zero-order chi connectivity index (χ0) is 16.6. The molecule has 118 valence electrons. The van der Waals surface area contributed by atoms with Gasteiger partial charge in [0.15, 0.2) is 0 Å². The summed E-state index contributed by atoms with van der Waals surface area (Å²) in [6, 6.07) is 15.8. The minimum Gasteiger partial charge on any atom is -0.455 e. The van der Waals surface area contributed by atoms with Crippen LogP contribution in [0.2, 0.25) is 0 Å². The molecule has 1 heterocycles. The van der Waals surface area contributed by atoms with Gasteiger partial charge in [-0.3, -0.25) is 4.79 Å². The van der Waals surface area contributed by atoms with Gasteiger partial charge < -0.3 is 9.73 Å². The number of nitrogens with one attached hydrogen (secondary N) is 1. The molecule has 1 amide bonds. The number of benzene rings is 2. The summed E-state index contributed by atoms with van der Waals surface area (Å²) in [5.74, 6) is 0.486. The molecule has 0 unspecified atom stereocenters. The Morgan fingerprint density at radius 2 is 1.74 bits per heavy atom. The maximum atomic E-state index is 12.5. The van der Waals surface area contributed by atoms with Crippen LogP contribution >= 0.6 is 0 Å². The summed E-state index contributed by atoms with van der Waals surface area (Å²) in [6.07, 6.45) is 0. The summed E-state index contributed by atoms with van der Waals surface area (Å²) in [7, 11) is 1.64. The summed E-state index contributed by atoms with van der Waals surface area (Å²) in [5, 5.41) is 3.59. The SMILES string of the molecule is CNC(=O)c1c(-c2ccccc2)oc2ccc(C(C)(C)C)cc12. The Labute approximate surface area is 136 Å². The van der Waals surface area contributed by atoms with E-state index in [1.807, 2.05) is 36.4 Å². The van der Waals surface area contributed by atoms with E-state index in [4.69, 9.17) is 4.42 Å². The maximum Gasteiger partial charge on any atom is 0.255 e. The van der Waals surface area contributed by atoms with Crippen LogP contribution in [0.1, 0.15) is 36.7 Å². The zero-order valence-corrected chi connectivity index (χ0v) is 13.9. The number of furan rings is 1. The van der Waals surface area contributed by atoms with Crippen molar-refractivity contribution < 1.29 is 9.21 Å². The number of carbonyl (C=O) groups excluding carboxylic acids is 1. The van der Waals surface area contributed by atoms with Crippen molar-refractivity contribution in [1.29, 1.82) is 0 Å². The average Bonchev–Trinajstić information content (AvgIpc) is 2.92. The number of hydrogen-bond donors (Lipinski definition) is 1. The monoisotopic (exact) mass is 307 g/mol. The summed E-state index contributed by atoms with van der Waals surface area (Å²) in [6.45, 7) is 6.48. The van der Waals surface area contributed by atoms with Gasteiger partial charge in [0.2, 0.25) is 0 Å².